The second kappa shape index (κ2) is 7.36. The van der Waals surface area contributed by atoms with Crippen LogP contribution in [0.1, 0.15) is 25.3 Å². The number of hydrogen-bond acceptors (Lipinski definition) is 2. The summed E-state index contributed by atoms with van der Waals surface area (Å²) in [5.41, 5.74) is 1.39. The van der Waals surface area contributed by atoms with Gasteiger partial charge in [-0.25, -0.2) is 0 Å². The van der Waals surface area contributed by atoms with Gasteiger partial charge < -0.3 is 5.32 Å². The molecule has 16 heavy (non-hydrogen) atoms. The van der Waals surface area contributed by atoms with Gasteiger partial charge in [-0.2, -0.15) is 11.8 Å². The summed E-state index contributed by atoms with van der Waals surface area (Å²) in [4.78, 5) is 0. The quantitative estimate of drug-likeness (QED) is 0.855. The second-order valence-corrected chi connectivity index (χ2v) is 6.35. The minimum absolute atomic E-state index is 0.562. The first-order valence-electron chi connectivity index (χ1n) is 5.62. The predicted molar refractivity (Wildman–Crippen MR) is 78.4 cm³/mol. The van der Waals surface area contributed by atoms with Crippen LogP contribution in [0.2, 0.25) is 0 Å². The maximum Gasteiger partial charge on any atom is 0.0178 e. The van der Waals surface area contributed by atoms with Crippen LogP contribution in [0.3, 0.4) is 0 Å². The van der Waals surface area contributed by atoms with E-state index in [4.69, 9.17) is 0 Å². The van der Waals surface area contributed by atoms with E-state index in [1.54, 1.807) is 0 Å². The van der Waals surface area contributed by atoms with E-state index in [9.17, 15) is 0 Å². The van der Waals surface area contributed by atoms with E-state index in [0.29, 0.717) is 11.2 Å². The number of rotatable bonds is 6. The van der Waals surface area contributed by atoms with Crippen molar-refractivity contribution < 1.29 is 0 Å². The summed E-state index contributed by atoms with van der Waals surface area (Å²) >= 11 is 5.41. The summed E-state index contributed by atoms with van der Waals surface area (Å²) in [6.07, 6.45) is 2.16. The molecule has 90 valence electrons. The Hall–Kier alpha value is 0.01000. The normalized spacial score (nSPS) is 14.8. The van der Waals surface area contributed by atoms with Crippen LogP contribution in [0.15, 0.2) is 28.7 Å². The van der Waals surface area contributed by atoms with Crippen molar-refractivity contribution in [2.75, 3.05) is 19.3 Å². The van der Waals surface area contributed by atoms with Crippen molar-refractivity contribution in [2.24, 2.45) is 0 Å². The molecule has 3 heteroatoms. The average molecular weight is 302 g/mol. The van der Waals surface area contributed by atoms with Crippen LogP contribution < -0.4 is 5.32 Å². The van der Waals surface area contributed by atoms with E-state index >= 15 is 0 Å². The molecule has 0 aliphatic carbocycles. The largest absolute Gasteiger partial charge is 0.315 e. The van der Waals surface area contributed by atoms with Gasteiger partial charge in [0, 0.05) is 22.8 Å². The molecular weight excluding hydrogens is 282 g/mol. The van der Waals surface area contributed by atoms with Crippen molar-refractivity contribution in [1.29, 1.82) is 0 Å². The molecule has 1 aromatic rings. The zero-order chi connectivity index (χ0) is 12.0. The van der Waals surface area contributed by atoms with Gasteiger partial charge in [0.2, 0.25) is 0 Å². The number of halogens is 1. The van der Waals surface area contributed by atoms with Crippen molar-refractivity contribution in [3.8, 4) is 0 Å². The monoisotopic (exact) mass is 301 g/mol. The Labute approximate surface area is 112 Å². The number of benzene rings is 1. The molecule has 0 spiro atoms. The molecule has 1 rings (SSSR count). The Bertz CT molecular complexity index is 317. The van der Waals surface area contributed by atoms with Crippen LogP contribution in [0.25, 0.3) is 0 Å². The molecule has 2 atom stereocenters. The fourth-order valence-electron chi connectivity index (χ4n) is 1.52. The van der Waals surface area contributed by atoms with Crippen LogP contribution in [0.4, 0.5) is 0 Å². The Morgan fingerprint density at radius 3 is 2.69 bits per heavy atom. The molecular formula is C13H20BrNS. The molecule has 0 aromatic heterocycles. The van der Waals surface area contributed by atoms with Crippen molar-refractivity contribution in [2.45, 2.75) is 25.0 Å². The average Bonchev–Trinajstić information content (AvgIpc) is 2.28. The number of thioether (sulfide) groups is 1. The minimum Gasteiger partial charge on any atom is -0.315 e. The van der Waals surface area contributed by atoms with E-state index in [1.165, 1.54) is 5.56 Å². The summed E-state index contributed by atoms with van der Waals surface area (Å²) in [5, 5.41) is 4.21. The molecule has 2 unspecified atom stereocenters. The van der Waals surface area contributed by atoms with E-state index in [2.05, 4.69) is 65.6 Å². The predicted octanol–water partition coefficient (Wildman–Crippen LogP) is 3.89. The molecule has 1 N–H and O–H groups in total. The summed E-state index contributed by atoms with van der Waals surface area (Å²) in [5.74, 6) is 0.562. The second-order valence-electron chi connectivity index (χ2n) is 4.16. The lowest BCUT2D eigenvalue weighted by molar-refractivity contribution is 0.614. The fourth-order valence-corrected chi connectivity index (χ4v) is 2.22. The first kappa shape index (κ1) is 14.1. The van der Waals surface area contributed by atoms with E-state index < -0.39 is 0 Å². The highest BCUT2D eigenvalue weighted by Gasteiger charge is 2.06. The van der Waals surface area contributed by atoms with Crippen LogP contribution in [0, 0.1) is 0 Å². The Balaban J connectivity index is 2.38. The highest BCUT2D eigenvalue weighted by Crippen LogP contribution is 2.19. The van der Waals surface area contributed by atoms with Crippen LogP contribution in [-0.4, -0.2) is 24.6 Å². The number of nitrogens with one attached hydrogen (secondary N) is 1. The topological polar surface area (TPSA) is 12.0 Å². The van der Waals surface area contributed by atoms with Gasteiger partial charge in [-0.15, -0.1) is 0 Å². The Morgan fingerprint density at radius 1 is 1.31 bits per heavy atom. The molecule has 0 bridgehead atoms. The van der Waals surface area contributed by atoms with E-state index in [1.807, 2.05) is 11.8 Å². The van der Waals surface area contributed by atoms with Gasteiger partial charge in [0.15, 0.2) is 0 Å². The third-order valence-corrected chi connectivity index (χ3v) is 4.17. The zero-order valence-electron chi connectivity index (χ0n) is 10.2. The highest BCUT2D eigenvalue weighted by atomic mass is 79.9. The van der Waals surface area contributed by atoms with Crippen molar-refractivity contribution in [1.82, 2.24) is 5.32 Å². The lowest BCUT2D eigenvalue weighted by Gasteiger charge is -2.15. The first-order valence-corrected chi connectivity index (χ1v) is 7.70. The Kier molecular flexibility index (Phi) is 6.47. The summed E-state index contributed by atoms with van der Waals surface area (Å²) in [6, 6.07) is 8.55. The summed E-state index contributed by atoms with van der Waals surface area (Å²) in [6.45, 7) is 6.64. The van der Waals surface area contributed by atoms with Crippen LogP contribution in [0.5, 0.6) is 0 Å². The lowest BCUT2D eigenvalue weighted by Crippen LogP contribution is -2.26. The van der Waals surface area contributed by atoms with Gasteiger partial charge in [0.25, 0.3) is 0 Å². The number of hydrogen-bond donors (Lipinski definition) is 1. The lowest BCUT2D eigenvalue weighted by atomic mass is 10.0. The van der Waals surface area contributed by atoms with E-state index in [0.717, 1.165) is 17.6 Å². The minimum atomic E-state index is 0.562. The van der Waals surface area contributed by atoms with Gasteiger partial charge in [0.1, 0.15) is 0 Å². The molecule has 0 heterocycles. The highest BCUT2D eigenvalue weighted by molar-refractivity contribution is 9.10. The summed E-state index contributed by atoms with van der Waals surface area (Å²) < 4.78 is 1.16. The van der Waals surface area contributed by atoms with Crippen molar-refractivity contribution in [3.05, 3.63) is 34.3 Å². The third-order valence-electron chi connectivity index (χ3n) is 2.70. The molecule has 1 aromatic carbocycles. The van der Waals surface area contributed by atoms with Gasteiger partial charge in [-0.1, -0.05) is 41.9 Å². The maximum atomic E-state index is 3.52. The molecule has 0 amide bonds. The molecule has 1 nitrogen and oxygen atoms in total. The fraction of sp³-hybridized carbons (Fsp3) is 0.538. The van der Waals surface area contributed by atoms with Crippen molar-refractivity contribution >= 4 is 27.7 Å². The maximum absolute atomic E-state index is 3.52. The van der Waals surface area contributed by atoms with E-state index in [-0.39, 0.29) is 0 Å². The molecule has 0 aliphatic rings. The van der Waals surface area contributed by atoms with Gasteiger partial charge >= 0.3 is 0 Å². The molecule has 0 radical (unpaired) electrons. The molecule has 0 saturated heterocycles. The Morgan fingerprint density at radius 2 is 2.06 bits per heavy atom. The van der Waals surface area contributed by atoms with Gasteiger partial charge in [-0.05, 0) is 29.9 Å². The first-order chi connectivity index (χ1) is 7.63. The van der Waals surface area contributed by atoms with Gasteiger partial charge in [-0.3, -0.25) is 0 Å². The molecule has 0 saturated carbocycles. The van der Waals surface area contributed by atoms with Crippen LogP contribution in [-0.2, 0) is 0 Å². The van der Waals surface area contributed by atoms with Crippen molar-refractivity contribution in [3.63, 3.8) is 0 Å². The standard InChI is InChI=1S/C13H20BrNS/c1-10(8-15-9-11(2)16-3)12-5-4-6-13(14)7-12/h4-7,10-11,15H,8-9H2,1-3H3. The summed E-state index contributed by atoms with van der Waals surface area (Å²) in [7, 11) is 0. The SMILES string of the molecule is CSC(C)CNCC(C)c1cccc(Br)c1. The van der Waals surface area contributed by atoms with Gasteiger partial charge in [0.05, 0.1) is 0 Å². The molecule has 0 fully saturated rings. The zero-order valence-corrected chi connectivity index (χ0v) is 12.6. The third kappa shape index (κ3) is 4.89. The smallest absolute Gasteiger partial charge is 0.0178 e. The molecule has 0 aliphatic heterocycles. The van der Waals surface area contributed by atoms with Crippen LogP contribution >= 0.6 is 27.7 Å².